The third-order valence-corrected chi connectivity index (χ3v) is 5.29. The number of nitrogens with zero attached hydrogens (tertiary/aromatic N) is 2. The van der Waals surface area contributed by atoms with E-state index in [-0.39, 0.29) is 18.0 Å². The number of carbonyl (C=O) groups is 2. The Kier molecular flexibility index (Phi) is 4.57. The fraction of sp³-hybridized carbons (Fsp3) is 0.875. The number of esters is 1. The van der Waals surface area contributed by atoms with Gasteiger partial charge >= 0.3 is 12.1 Å². The van der Waals surface area contributed by atoms with Gasteiger partial charge < -0.3 is 14.4 Å². The van der Waals surface area contributed by atoms with Gasteiger partial charge in [-0.05, 0) is 38.5 Å². The molecule has 6 heteroatoms. The molecule has 3 rings (SSSR count). The molecule has 2 aliphatic heterocycles. The van der Waals surface area contributed by atoms with E-state index >= 15 is 0 Å². The minimum Gasteiger partial charge on any atom is -0.466 e. The third kappa shape index (κ3) is 2.93. The molecule has 0 aromatic carbocycles. The lowest BCUT2D eigenvalue weighted by atomic mass is 10.0. The Morgan fingerprint density at radius 3 is 2.14 bits per heavy atom. The molecule has 1 amide bonds. The first-order valence-corrected chi connectivity index (χ1v) is 8.48. The van der Waals surface area contributed by atoms with Gasteiger partial charge in [0, 0.05) is 32.2 Å². The van der Waals surface area contributed by atoms with Crippen molar-refractivity contribution in [1.29, 1.82) is 0 Å². The van der Waals surface area contributed by atoms with E-state index in [9.17, 15) is 9.59 Å². The lowest BCUT2D eigenvalue weighted by Gasteiger charge is -2.37. The average molecular weight is 310 g/mol. The molecule has 3 fully saturated rings. The van der Waals surface area contributed by atoms with Crippen LogP contribution in [0.4, 0.5) is 4.79 Å². The Hall–Kier alpha value is -1.30. The van der Waals surface area contributed by atoms with Crippen molar-refractivity contribution in [1.82, 2.24) is 9.80 Å². The molecule has 0 aromatic rings. The fourth-order valence-electron chi connectivity index (χ4n) is 4.07. The van der Waals surface area contributed by atoms with Gasteiger partial charge in [0.2, 0.25) is 0 Å². The van der Waals surface area contributed by atoms with Crippen LogP contribution in [0.3, 0.4) is 0 Å². The van der Waals surface area contributed by atoms with E-state index in [2.05, 4.69) is 4.90 Å². The summed E-state index contributed by atoms with van der Waals surface area (Å²) >= 11 is 0. The zero-order valence-corrected chi connectivity index (χ0v) is 13.5. The number of hydrogen-bond donors (Lipinski definition) is 0. The van der Waals surface area contributed by atoms with E-state index in [4.69, 9.17) is 9.47 Å². The van der Waals surface area contributed by atoms with E-state index in [1.165, 1.54) is 0 Å². The number of ether oxygens (including phenoxy) is 2. The third-order valence-electron chi connectivity index (χ3n) is 5.29. The minimum atomic E-state index is -0.187. The summed E-state index contributed by atoms with van der Waals surface area (Å²) in [5.41, 5.74) is 0. The highest BCUT2D eigenvalue weighted by Gasteiger charge is 2.60. The van der Waals surface area contributed by atoms with E-state index in [1.807, 2.05) is 13.8 Å². The van der Waals surface area contributed by atoms with Gasteiger partial charge in [0.1, 0.15) is 0 Å². The van der Waals surface area contributed by atoms with Gasteiger partial charge in [0.15, 0.2) is 0 Å². The maximum atomic E-state index is 11.8. The SMILES string of the molecule is CCOC(=O)[C@H]1[C@@H]2CN(C3CCN(C(=O)OCC)CC3)C[C@@H]21. The van der Waals surface area contributed by atoms with Gasteiger partial charge in [-0.3, -0.25) is 9.69 Å². The Balaban J connectivity index is 1.42. The van der Waals surface area contributed by atoms with Crippen LogP contribution in [0.15, 0.2) is 0 Å². The molecule has 0 unspecified atom stereocenters. The Labute approximate surface area is 131 Å². The maximum Gasteiger partial charge on any atom is 0.409 e. The molecule has 0 aromatic heterocycles. The predicted molar refractivity (Wildman–Crippen MR) is 80.3 cm³/mol. The number of piperidine rings is 2. The largest absolute Gasteiger partial charge is 0.466 e. The lowest BCUT2D eigenvalue weighted by molar-refractivity contribution is -0.145. The summed E-state index contributed by atoms with van der Waals surface area (Å²) in [6, 6.07) is 0.543. The molecule has 1 saturated carbocycles. The van der Waals surface area contributed by atoms with Crippen LogP contribution in [0, 0.1) is 17.8 Å². The van der Waals surface area contributed by atoms with Crippen LogP contribution in [0.1, 0.15) is 26.7 Å². The van der Waals surface area contributed by atoms with Crippen molar-refractivity contribution in [2.24, 2.45) is 17.8 Å². The molecular formula is C16H26N2O4. The van der Waals surface area contributed by atoms with Gasteiger partial charge in [-0.1, -0.05) is 0 Å². The lowest BCUT2D eigenvalue weighted by Crippen LogP contribution is -2.47. The van der Waals surface area contributed by atoms with Gasteiger partial charge in [-0.25, -0.2) is 4.79 Å². The number of rotatable bonds is 4. The molecule has 2 heterocycles. The molecule has 22 heavy (non-hydrogen) atoms. The first kappa shape index (κ1) is 15.6. The molecule has 0 N–H and O–H groups in total. The van der Waals surface area contributed by atoms with Crippen LogP contribution in [0.5, 0.6) is 0 Å². The van der Waals surface area contributed by atoms with Crippen LogP contribution in [-0.4, -0.2) is 67.3 Å². The van der Waals surface area contributed by atoms with Gasteiger partial charge in [-0.15, -0.1) is 0 Å². The van der Waals surface area contributed by atoms with Crippen LogP contribution in [0.2, 0.25) is 0 Å². The van der Waals surface area contributed by atoms with Gasteiger partial charge in [0.25, 0.3) is 0 Å². The number of fused-ring (bicyclic) bond motifs is 1. The number of likely N-dealkylation sites (tertiary alicyclic amines) is 2. The zero-order chi connectivity index (χ0) is 15.7. The van der Waals surface area contributed by atoms with Gasteiger partial charge in [0.05, 0.1) is 19.1 Å². The smallest absolute Gasteiger partial charge is 0.409 e. The molecule has 0 radical (unpaired) electrons. The summed E-state index contributed by atoms with van der Waals surface area (Å²) in [5.74, 6) is 1.15. The quantitative estimate of drug-likeness (QED) is 0.734. The maximum absolute atomic E-state index is 11.8. The standard InChI is InChI=1S/C16H26N2O4/c1-3-21-15(19)14-12-9-18(10-13(12)14)11-5-7-17(8-6-11)16(20)22-4-2/h11-14H,3-10H2,1-2H3/t12-,13+,14+. The minimum absolute atomic E-state index is 0.00530. The highest BCUT2D eigenvalue weighted by atomic mass is 16.6. The summed E-state index contributed by atoms with van der Waals surface area (Å²) in [4.78, 5) is 27.8. The summed E-state index contributed by atoms with van der Waals surface area (Å²) < 4.78 is 10.2. The molecule has 3 aliphatic rings. The topological polar surface area (TPSA) is 59.1 Å². The summed E-state index contributed by atoms with van der Waals surface area (Å²) in [5, 5.41) is 0. The van der Waals surface area contributed by atoms with Crippen molar-refractivity contribution in [3.8, 4) is 0 Å². The van der Waals surface area contributed by atoms with Crippen molar-refractivity contribution in [3.05, 3.63) is 0 Å². The van der Waals surface area contributed by atoms with Crippen molar-refractivity contribution in [2.75, 3.05) is 39.4 Å². The highest BCUT2D eigenvalue weighted by molar-refractivity contribution is 5.77. The van der Waals surface area contributed by atoms with Crippen molar-refractivity contribution in [2.45, 2.75) is 32.7 Å². The van der Waals surface area contributed by atoms with Crippen molar-refractivity contribution < 1.29 is 19.1 Å². The molecule has 2 saturated heterocycles. The number of amides is 1. The van der Waals surface area contributed by atoms with E-state index < -0.39 is 0 Å². The second-order valence-corrected chi connectivity index (χ2v) is 6.48. The molecule has 0 bridgehead atoms. The van der Waals surface area contributed by atoms with Crippen LogP contribution >= 0.6 is 0 Å². The first-order chi connectivity index (χ1) is 10.7. The monoisotopic (exact) mass is 310 g/mol. The van der Waals surface area contributed by atoms with E-state index in [1.54, 1.807) is 4.90 Å². The zero-order valence-electron chi connectivity index (χ0n) is 13.5. The molecule has 0 spiro atoms. The molecule has 1 aliphatic carbocycles. The normalized spacial score (nSPS) is 31.7. The Bertz CT molecular complexity index is 406. The summed E-state index contributed by atoms with van der Waals surface area (Å²) in [6.45, 7) is 8.18. The summed E-state index contributed by atoms with van der Waals surface area (Å²) in [6.07, 6.45) is 1.82. The first-order valence-electron chi connectivity index (χ1n) is 8.48. The molecule has 3 atom stereocenters. The predicted octanol–water partition coefficient (Wildman–Crippen LogP) is 1.35. The van der Waals surface area contributed by atoms with Crippen LogP contribution in [0.25, 0.3) is 0 Å². The number of hydrogen-bond acceptors (Lipinski definition) is 5. The second kappa shape index (κ2) is 6.44. The Morgan fingerprint density at radius 2 is 1.59 bits per heavy atom. The highest BCUT2D eigenvalue weighted by Crippen LogP contribution is 2.53. The van der Waals surface area contributed by atoms with Crippen LogP contribution in [-0.2, 0) is 14.3 Å². The van der Waals surface area contributed by atoms with E-state index in [0.29, 0.717) is 31.1 Å². The molecule has 124 valence electrons. The van der Waals surface area contributed by atoms with Crippen molar-refractivity contribution in [3.63, 3.8) is 0 Å². The molecular weight excluding hydrogens is 284 g/mol. The van der Waals surface area contributed by atoms with Crippen LogP contribution < -0.4 is 0 Å². The van der Waals surface area contributed by atoms with Gasteiger partial charge in [-0.2, -0.15) is 0 Å². The fourth-order valence-corrected chi connectivity index (χ4v) is 4.07. The Morgan fingerprint density at radius 1 is 1.00 bits per heavy atom. The molecule has 6 nitrogen and oxygen atoms in total. The average Bonchev–Trinajstić information content (AvgIpc) is 3.03. The van der Waals surface area contributed by atoms with E-state index in [0.717, 1.165) is 39.0 Å². The second-order valence-electron chi connectivity index (χ2n) is 6.48. The summed E-state index contributed by atoms with van der Waals surface area (Å²) in [7, 11) is 0. The van der Waals surface area contributed by atoms with Crippen molar-refractivity contribution >= 4 is 12.1 Å². The number of carbonyl (C=O) groups excluding carboxylic acids is 2.